The molecule has 4 rings (SSSR count). The molecular weight excluding hydrogens is 274 g/mol. The molecule has 4 N–H and O–H groups in total. The number of nitrogens with one attached hydrogen (secondary N) is 4. The fourth-order valence-electron chi connectivity index (χ4n) is 3.88. The second-order valence-electron chi connectivity index (χ2n) is 6.31. The Bertz CT molecular complexity index is 450. The minimum Gasteiger partial charge on any atom is -0.312 e. The number of rotatable bonds is 1. The molecule has 6 nitrogen and oxygen atoms in total. The van der Waals surface area contributed by atoms with Gasteiger partial charge in [-0.05, 0) is 24.7 Å². The Morgan fingerprint density at radius 3 is 3.05 bits per heavy atom. The van der Waals surface area contributed by atoms with Gasteiger partial charge < -0.3 is 5.32 Å². The van der Waals surface area contributed by atoms with Crippen LogP contribution in [0.4, 0.5) is 0 Å². The summed E-state index contributed by atoms with van der Waals surface area (Å²) in [5.41, 5.74) is 6.08. The monoisotopic (exact) mass is 295 g/mol. The van der Waals surface area contributed by atoms with Gasteiger partial charge in [0.1, 0.15) is 17.4 Å². The van der Waals surface area contributed by atoms with E-state index in [4.69, 9.17) is 4.99 Å². The van der Waals surface area contributed by atoms with Gasteiger partial charge in [0.05, 0.1) is 12.6 Å². The van der Waals surface area contributed by atoms with Gasteiger partial charge in [-0.2, -0.15) is 0 Å². The highest BCUT2D eigenvalue weighted by Gasteiger charge is 2.51. The van der Waals surface area contributed by atoms with Crippen LogP contribution in [0.3, 0.4) is 0 Å². The van der Waals surface area contributed by atoms with Gasteiger partial charge in [-0.3, -0.25) is 15.1 Å². The highest BCUT2D eigenvalue weighted by atomic mass is 32.2. The number of hydrazine groups is 1. The summed E-state index contributed by atoms with van der Waals surface area (Å²) in [5.74, 6) is 2.30. The number of hydrogen-bond donors (Lipinski definition) is 4. The fourth-order valence-corrected chi connectivity index (χ4v) is 5.85. The average molecular weight is 295 g/mol. The highest BCUT2D eigenvalue weighted by molar-refractivity contribution is 8.00. The number of hydrogen-bond acceptors (Lipinski definition) is 6. The molecule has 0 aromatic heterocycles. The summed E-state index contributed by atoms with van der Waals surface area (Å²) in [6, 6.07) is 0. The maximum Gasteiger partial charge on any atom is 0.231 e. The summed E-state index contributed by atoms with van der Waals surface area (Å²) >= 11 is 1.92. The molecule has 3 aliphatic heterocycles. The first kappa shape index (κ1) is 13.1. The largest absolute Gasteiger partial charge is 0.312 e. The van der Waals surface area contributed by atoms with Crippen LogP contribution >= 0.6 is 11.8 Å². The van der Waals surface area contributed by atoms with Crippen LogP contribution in [0.25, 0.3) is 0 Å². The maximum atomic E-state index is 12.5. The van der Waals surface area contributed by atoms with E-state index < -0.39 is 0 Å². The first-order chi connectivity index (χ1) is 9.72. The molecular formula is C13H21N5OS. The van der Waals surface area contributed by atoms with Crippen LogP contribution in [0.2, 0.25) is 0 Å². The molecule has 3 fully saturated rings. The van der Waals surface area contributed by atoms with Crippen molar-refractivity contribution in [1.82, 2.24) is 21.5 Å². The average Bonchev–Trinajstić information content (AvgIpc) is 3.04. The number of carbonyl (C=O) groups excluding carboxylic acids is 1. The predicted molar refractivity (Wildman–Crippen MR) is 78.8 cm³/mol. The zero-order valence-corrected chi connectivity index (χ0v) is 12.4. The zero-order valence-electron chi connectivity index (χ0n) is 11.6. The molecule has 0 spiro atoms. The normalized spacial score (nSPS) is 47.5. The third kappa shape index (κ3) is 2.07. The molecule has 1 saturated carbocycles. The number of nitrogens with zero attached hydrogens (tertiary/aromatic N) is 1. The van der Waals surface area contributed by atoms with Gasteiger partial charge in [-0.1, -0.05) is 13.3 Å². The van der Waals surface area contributed by atoms with Crippen molar-refractivity contribution in [3.63, 3.8) is 0 Å². The third-order valence-electron chi connectivity index (χ3n) is 4.92. The molecule has 0 radical (unpaired) electrons. The van der Waals surface area contributed by atoms with Crippen LogP contribution in [0.1, 0.15) is 26.2 Å². The van der Waals surface area contributed by atoms with Crippen molar-refractivity contribution >= 4 is 23.5 Å². The van der Waals surface area contributed by atoms with Gasteiger partial charge in [0, 0.05) is 5.25 Å². The molecule has 20 heavy (non-hydrogen) atoms. The molecule has 3 heterocycles. The summed E-state index contributed by atoms with van der Waals surface area (Å²) in [6.45, 7) is 3.01. The lowest BCUT2D eigenvalue weighted by atomic mass is 9.75. The molecule has 6 atom stereocenters. The molecule has 0 bridgehead atoms. The molecule has 1 amide bonds. The lowest BCUT2D eigenvalue weighted by molar-refractivity contribution is -0.125. The number of fused-ring (bicyclic) bond motifs is 3. The van der Waals surface area contributed by atoms with Crippen molar-refractivity contribution in [2.24, 2.45) is 22.7 Å². The highest BCUT2D eigenvalue weighted by Crippen LogP contribution is 2.52. The Morgan fingerprint density at radius 2 is 2.25 bits per heavy atom. The van der Waals surface area contributed by atoms with Crippen molar-refractivity contribution in [2.45, 2.75) is 43.0 Å². The lowest BCUT2D eigenvalue weighted by Crippen LogP contribution is -2.55. The molecule has 2 saturated heterocycles. The van der Waals surface area contributed by atoms with Crippen LogP contribution in [0.15, 0.2) is 4.99 Å². The SMILES string of the molecule is C[C@@H]1CCC2C(C1)SC1N=C(C3NCNN3)NC(=O)C12. The van der Waals surface area contributed by atoms with Gasteiger partial charge in [0.2, 0.25) is 5.91 Å². The van der Waals surface area contributed by atoms with E-state index in [9.17, 15) is 4.79 Å². The molecule has 0 aromatic carbocycles. The van der Waals surface area contributed by atoms with E-state index in [1.807, 2.05) is 11.8 Å². The Morgan fingerprint density at radius 1 is 1.35 bits per heavy atom. The number of carbonyl (C=O) groups is 1. The van der Waals surface area contributed by atoms with E-state index in [-0.39, 0.29) is 23.4 Å². The summed E-state index contributed by atoms with van der Waals surface area (Å²) in [7, 11) is 0. The van der Waals surface area contributed by atoms with E-state index in [2.05, 4.69) is 28.4 Å². The maximum absolute atomic E-state index is 12.5. The summed E-state index contributed by atoms with van der Waals surface area (Å²) in [6.07, 6.45) is 3.59. The number of amidine groups is 1. The van der Waals surface area contributed by atoms with Gasteiger partial charge in [-0.15, -0.1) is 11.8 Å². The summed E-state index contributed by atoms with van der Waals surface area (Å²) in [5, 5.41) is 6.96. The first-order valence-electron chi connectivity index (χ1n) is 7.48. The Balaban J connectivity index is 1.57. The predicted octanol–water partition coefficient (Wildman–Crippen LogP) is -0.0104. The van der Waals surface area contributed by atoms with Crippen LogP contribution < -0.4 is 21.5 Å². The third-order valence-corrected chi connectivity index (χ3v) is 6.49. The number of amides is 1. The minimum atomic E-state index is -0.0814. The number of aliphatic imine (C=N–C) groups is 1. The fraction of sp³-hybridized carbons (Fsp3) is 0.846. The number of thioether (sulfide) groups is 1. The van der Waals surface area contributed by atoms with E-state index in [1.54, 1.807) is 0 Å². The molecule has 110 valence electrons. The second-order valence-corrected chi connectivity index (χ2v) is 7.67. The standard InChI is InChI=1S/C13H21N5OS/c1-6-2-3-7-8(4-6)20-13-9(7)12(19)16-11(17-13)10-14-5-15-18-10/h6-10,13-15,18H,2-5H2,1H3,(H,16,17,19)/t6-,7?,8?,9?,10?,13?/m1/s1. The Kier molecular flexibility index (Phi) is 3.25. The van der Waals surface area contributed by atoms with Crippen molar-refractivity contribution in [1.29, 1.82) is 0 Å². The first-order valence-corrected chi connectivity index (χ1v) is 8.42. The van der Waals surface area contributed by atoms with E-state index >= 15 is 0 Å². The van der Waals surface area contributed by atoms with Gasteiger partial charge >= 0.3 is 0 Å². The Labute approximate surface area is 122 Å². The van der Waals surface area contributed by atoms with Gasteiger partial charge in [0.15, 0.2) is 0 Å². The molecule has 4 aliphatic rings. The Hall–Kier alpha value is -0.630. The van der Waals surface area contributed by atoms with Gasteiger partial charge in [0.25, 0.3) is 0 Å². The lowest BCUT2D eigenvalue weighted by Gasteiger charge is -2.32. The van der Waals surface area contributed by atoms with Crippen LogP contribution in [0.5, 0.6) is 0 Å². The van der Waals surface area contributed by atoms with E-state index in [0.29, 0.717) is 17.8 Å². The topological polar surface area (TPSA) is 77.6 Å². The smallest absolute Gasteiger partial charge is 0.231 e. The zero-order chi connectivity index (χ0) is 13.7. The van der Waals surface area contributed by atoms with Crippen molar-refractivity contribution < 1.29 is 4.79 Å². The summed E-state index contributed by atoms with van der Waals surface area (Å²) in [4.78, 5) is 17.3. The van der Waals surface area contributed by atoms with Crippen molar-refractivity contribution in [3.8, 4) is 0 Å². The van der Waals surface area contributed by atoms with Crippen molar-refractivity contribution in [3.05, 3.63) is 0 Å². The van der Waals surface area contributed by atoms with Crippen LogP contribution in [-0.2, 0) is 4.79 Å². The summed E-state index contributed by atoms with van der Waals surface area (Å²) < 4.78 is 0. The molecule has 0 aromatic rings. The van der Waals surface area contributed by atoms with Crippen LogP contribution in [0, 0.1) is 17.8 Å². The van der Waals surface area contributed by atoms with E-state index in [0.717, 1.165) is 11.8 Å². The molecule has 1 aliphatic carbocycles. The van der Waals surface area contributed by atoms with Crippen LogP contribution in [-0.4, -0.2) is 35.2 Å². The molecule has 7 heteroatoms. The van der Waals surface area contributed by atoms with Crippen molar-refractivity contribution in [2.75, 3.05) is 6.67 Å². The minimum absolute atomic E-state index is 0.0793. The quantitative estimate of drug-likeness (QED) is 0.547. The van der Waals surface area contributed by atoms with E-state index in [1.165, 1.54) is 19.3 Å². The second kappa shape index (κ2) is 4.98. The van der Waals surface area contributed by atoms with Gasteiger partial charge in [-0.25, -0.2) is 10.9 Å². The molecule has 5 unspecified atom stereocenters.